The Morgan fingerprint density at radius 3 is 2.68 bits per heavy atom. The van der Waals surface area contributed by atoms with Crippen LogP contribution in [0.3, 0.4) is 0 Å². The van der Waals surface area contributed by atoms with Crippen LogP contribution in [0.25, 0.3) is 0 Å². The minimum absolute atomic E-state index is 0. The minimum Gasteiger partial charge on any atom is -0.756 e. The van der Waals surface area contributed by atoms with Crippen molar-refractivity contribution >= 4 is 33.2 Å². The Bertz CT molecular complexity index is 731. The summed E-state index contributed by atoms with van der Waals surface area (Å²) in [6, 6.07) is 1.39. The summed E-state index contributed by atoms with van der Waals surface area (Å²) in [7, 11) is -10.7. The van der Waals surface area contributed by atoms with E-state index in [0.717, 1.165) is 16.3 Å². The predicted octanol–water partition coefficient (Wildman–Crippen LogP) is -7.62. The first kappa shape index (κ1) is 26.2. The van der Waals surface area contributed by atoms with Crippen molar-refractivity contribution in [3.63, 3.8) is 0 Å². The fraction of sp³-hybridized carbons (Fsp3) is 0.500. The summed E-state index contributed by atoms with van der Waals surface area (Å²) in [4.78, 5) is 45.0. The number of ether oxygens (including phenoxy) is 1. The second kappa shape index (κ2) is 10.7. The first-order valence-corrected chi connectivity index (χ1v) is 9.89. The van der Waals surface area contributed by atoms with Gasteiger partial charge in [0.2, 0.25) is 0 Å². The zero-order valence-corrected chi connectivity index (χ0v) is 19.8. The Morgan fingerprint density at radius 2 is 2.12 bits per heavy atom. The number of rotatable bonds is 6. The average Bonchev–Trinajstić information content (AvgIpc) is 2.82. The Hall–Kier alpha value is 1.25. The van der Waals surface area contributed by atoms with Gasteiger partial charge in [-0.1, -0.05) is 0 Å². The quantitative estimate of drug-likeness (QED) is 0.319. The molecule has 0 saturated carbocycles. The molecule has 2 rings (SSSR count). The van der Waals surface area contributed by atoms with Crippen molar-refractivity contribution in [1.82, 2.24) is 9.55 Å². The standard InChI is InChI=1S/C8H13N3O9P2S.2Na/c9-5-1-2-11(8(12)10-5)6-4-23-7(19-6)3-18-22(16,17)20-21(13,14)15;;/h1-2,6-7H,3-4H2,(H,16,17)(H2,9,10,12)(H2,13,14,15);;/q;2*+1/p-2/t6-,7+;;/m0../s1. The number of phosphoric acid groups is 2. The number of hydrogen-bond acceptors (Lipinski definition) is 11. The first-order valence-electron chi connectivity index (χ1n) is 5.88. The molecule has 0 aromatic carbocycles. The summed E-state index contributed by atoms with van der Waals surface area (Å²) in [6.45, 7) is -0.570. The van der Waals surface area contributed by atoms with Crippen LogP contribution in [-0.4, -0.2) is 32.2 Å². The van der Waals surface area contributed by atoms with Gasteiger partial charge in [-0.05, 0) is 6.07 Å². The summed E-state index contributed by atoms with van der Waals surface area (Å²) in [6.07, 6.45) is 0.657. The normalized spacial score (nSPS) is 24.4. The molecule has 0 bridgehead atoms. The largest absolute Gasteiger partial charge is 1.00 e. The van der Waals surface area contributed by atoms with E-state index in [9.17, 15) is 23.7 Å². The Morgan fingerprint density at radius 1 is 1.48 bits per heavy atom. The van der Waals surface area contributed by atoms with Gasteiger partial charge in [0.1, 0.15) is 17.5 Å². The van der Waals surface area contributed by atoms with Crippen LogP contribution >= 0.6 is 27.4 Å². The molecule has 1 saturated heterocycles. The molecule has 17 heteroatoms. The molecule has 0 radical (unpaired) electrons. The second-order valence-electron chi connectivity index (χ2n) is 4.19. The van der Waals surface area contributed by atoms with Crippen LogP contribution in [0.1, 0.15) is 6.23 Å². The van der Waals surface area contributed by atoms with Crippen LogP contribution in [0, 0.1) is 0 Å². The molecule has 2 unspecified atom stereocenters. The maximum Gasteiger partial charge on any atom is 1.00 e. The molecule has 4 atom stereocenters. The third-order valence-corrected chi connectivity index (χ3v) is 5.65. The van der Waals surface area contributed by atoms with Crippen LogP contribution < -0.4 is 80.3 Å². The fourth-order valence-electron chi connectivity index (χ4n) is 1.62. The number of aromatic nitrogens is 2. The molecule has 1 aromatic rings. The van der Waals surface area contributed by atoms with Gasteiger partial charge in [-0.15, -0.1) is 11.8 Å². The van der Waals surface area contributed by atoms with Crippen molar-refractivity contribution in [2.24, 2.45) is 0 Å². The summed E-state index contributed by atoms with van der Waals surface area (Å²) in [5.74, 6) is 0.344. The number of anilines is 1. The smallest absolute Gasteiger partial charge is 0.756 e. The molecule has 0 amide bonds. The minimum atomic E-state index is -5.48. The van der Waals surface area contributed by atoms with E-state index >= 15 is 0 Å². The molecule has 1 aromatic heterocycles. The molecule has 1 aliphatic rings. The van der Waals surface area contributed by atoms with Gasteiger partial charge in [0.15, 0.2) is 0 Å². The molecule has 1 fully saturated rings. The van der Waals surface area contributed by atoms with E-state index in [1.165, 1.54) is 12.3 Å². The summed E-state index contributed by atoms with van der Waals surface area (Å²) >= 11 is 1.13. The van der Waals surface area contributed by atoms with Crippen molar-refractivity contribution in [3.05, 3.63) is 22.7 Å². The Kier molecular flexibility index (Phi) is 11.2. The number of nitrogens with two attached hydrogens (primary N) is 1. The molecular weight excluding hydrogens is 422 g/mol. The second-order valence-corrected chi connectivity index (χ2v) is 8.12. The van der Waals surface area contributed by atoms with Gasteiger partial charge in [0, 0.05) is 11.9 Å². The third-order valence-electron chi connectivity index (χ3n) is 2.47. The van der Waals surface area contributed by atoms with Gasteiger partial charge in [-0.3, -0.25) is 13.7 Å². The van der Waals surface area contributed by atoms with Crippen LogP contribution in [0.15, 0.2) is 17.1 Å². The van der Waals surface area contributed by atoms with Gasteiger partial charge in [-0.25, -0.2) is 9.11 Å². The van der Waals surface area contributed by atoms with E-state index in [-0.39, 0.29) is 64.9 Å². The van der Waals surface area contributed by atoms with Gasteiger partial charge in [-0.2, -0.15) is 4.98 Å². The number of phosphoric ester groups is 1. The molecule has 0 aliphatic carbocycles. The molecule has 25 heavy (non-hydrogen) atoms. The van der Waals surface area contributed by atoms with Crippen LogP contribution in [-0.2, 0) is 22.7 Å². The summed E-state index contributed by atoms with van der Waals surface area (Å²) in [5, 5.41) is 0. The first-order chi connectivity index (χ1) is 10.6. The summed E-state index contributed by atoms with van der Waals surface area (Å²) in [5.41, 5.74) is 3.92. The number of nitrogens with zero attached hydrogens (tertiary/aromatic N) is 2. The number of nitrogen functional groups attached to an aromatic ring is 1. The van der Waals surface area contributed by atoms with Gasteiger partial charge >= 0.3 is 64.8 Å². The molecule has 3 N–H and O–H groups in total. The molecule has 2 heterocycles. The van der Waals surface area contributed by atoms with Gasteiger partial charge in [0.05, 0.1) is 6.61 Å². The summed E-state index contributed by atoms with van der Waals surface area (Å²) < 4.78 is 35.8. The number of hydrogen-bond donors (Lipinski definition) is 2. The van der Waals surface area contributed by atoms with E-state index in [4.69, 9.17) is 15.4 Å². The zero-order chi connectivity index (χ0) is 17.3. The van der Waals surface area contributed by atoms with Crippen molar-refractivity contribution < 1.29 is 96.5 Å². The molecule has 0 spiro atoms. The topological polar surface area (TPSA) is 189 Å². The van der Waals surface area contributed by atoms with E-state index in [1.807, 2.05) is 0 Å². The zero-order valence-electron chi connectivity index (χ0n) is 13.2. The molecule has 1 aliphatic heterocycles. The van der Waals surface area contributed by atoms with Crippen LogP contribution in [0.2, 0.25) is 0 Å². The van der Waals surface area contributed by atoms with Crippen molar-refractivity contribution in [2.75, 3.05) is 18.1 Å². The van der Waals surface area contributed by atoms with E-state index < -0.39 is 39.6 Å². The van der Waals surface area contributed by atoms with Crippen LogP contribution in [0.4, 0.5) is 5.82 Å². The van der Waals surface area contributed by atoms with Gasteiger partial charge < -0.3 is 29.7 Å². The number of thioether (sulfide) groups is 1. The Balaban J connectivity index is 0.00000288. The SMILES string of the molecule is Nc1ccn([C@@H]2CS[C@H](COP(=O)([O-])OP(=O)([O-])O)O2)c(=O)n1.[Na+].[Na+]. The molecule has 12 nitrogen and oxygen atoms in total. The van der Waals surface area contributed by atoms with E-state index in [0.29, 0.717) is 5.75 Å². The van der Waals surface area contributed by atoms with E-state index in [1.54, 1.807) is 0 Å². The average molecular weight is 433 g/mol. The monoisotopic (exact) mass is 433 g/mol. The van der Waals surface area contributed by atoms with Crippen molar-refractivity contribution in [2.45, 2.75) is 11.7 Å². The molecule has 130 valence electrons. The van der Waals surface area contributed by atoms with Crippen molar-refractivity contribution in [1.29, 1.82) is 0 Å². The van der Waals surface area contributed by atoms with Gasteiger partial charge in [0.25, 0.3) is 15.6 Å². The maximum absolute atomic E-state index is 11.7. The van der Waals surface area contributed by atoms with E-state index in [2.05, 4.69) is 13.8 Å². The fourth-order valence-corrected chi connectivity index (χ4v) is 4.23. The van der Waals surface area contributed by atoms with Crippen molar-refractivity contribution in [3.8, 4) is 0 Å². The van der Waals surface area contributed by atoms with Crippen LogP contribution in [0.5, 0.6) is 0 Å². The molecular formula is C8H11N3Na2O9P2S. The maximum atomic E-state index is 11.7. The Labute approximate surface area is 190 Å². The third kappa shape index (κ3) is 8.86. The predicted molar refractivity (Wildman–Crippen MR) is 73.7 cm³/mol.